The van der Waals surface area contributed by atoms with Gasteiger partial charge in [-0.15, -0.1) is 0 Å². The van der Waals surface area contributed by atoms with Crippen LogP contribution in [-0.4, -0.2) is 33.3 Å². The predicted octanol–water partition coefficient (Wildman–Crippen LogP) is 4.80. The van der Waals surface area contributed by atoms with Gasteiger partial charge in [0.1, 0.15) is 5.52 Å². The fourth-order valence-corrected chi connectivity index (χ4v) is 3.64. The summed E-state index contributed by atoms with van der Waals surface area (Å²) in [4.78, 5) is 23.8. The van der Waals surface area contributed by atoms with Gasteiger partial charge < -0.3 is 9.72 Å². The number of H-pyrrole nitrogens is 1. The van der Waals surface area contributed by atoms with Gasteiger partial charge in [-0.05, 0) is 34.9 Å². The van der Waals surface area contributed by atoms with Crippen molar-refractivity contribution >= 4 is 51.4 Å². The maximum atomic E-state index is 11.9. The zero-order valence-electron chi connectivity index (χ0n) is 14.2. The standard InChI is InChI=1S/C17H24IN3O2S/c1-3-5-6-12(4-2)11-23-15(22)7-8-24-17-20-10-14-16(21-17)13(18)9-19-14/h9-10,12,19H,3-8,11H2,1-2H3. The molecule has 0 spiro atoms. The first-order chi connectivity index (χ1) is 11.6. The van der Waals surface area contributed by atoms with Crippen molar-refractivity contribution in [2.45, 2.75) is 51.1 Å². The van der Waals surface area contributed by atoms with Gasteiger partial charge in [0.25, 0.3) is 0 Å². The fraction of sp³-hybridized carbons (Fsp3) is 0.588. The van der Waals surface area contributed by atoms with E-state index in [0.29, 0.717) is 29.9 Å². The number of aromatic amines is 1. The molecule has 2 aromatic heterocycles. The number of ether oxygens (including phenoxy) is 1. The highest BCUT2D eigenvalue weighted by Gasteiger charge is 2.11. The summed E-state index contributed by atoms with van der Waals surface area (Å²) >= 11 is 3.73. The van der Waals surface area contributed by atoms with Crippen molar-refractivity contribution in [3.05, 3.63) is 16.0 Å². The molecule has 7 heteroatoms. The molecule has 2 rings (SSSR count). The normalized spacial score (nSPS) is 12.5. The lowest BCUT2D eigenvalue weighted by Crippen LogP contribution is -2.14. The molecule has 0 aliphatic rings. The van der Waals surface area contributed by atoms with Crippen molar-refractivity contribution in [2.24, 2.45) is 5.92 Å². The second kappa shape index (κ2) is 10.2. The largest absolute Gasteiger partial charge is 0.465 e. The third-order valence-electron chi connectivity index (χ3n) is 3.91. The van der Waals surface area contributed by atoms with E-state index < -0.39 is 0 Å². The quantitative estimate of drug-likeness (QED) is 0.238. The molecule has 1 atom stereocenters. The van der Waals surface area contributed by atoms with Gasteiger partial charge in [-0.25, -0.2) is 9.97 Å². The molecule has 0 aliphatic heterocycles. The second-order valence-corrected chi connectivity index (χ2v) is 7.97. The van der Waals surface area contributed by atoms with Crippen LogP contribution in [0.15, 0.2) is 17.6 Å². The predicted molar refractivity (Wildman–Crippen MR) is 106 cm³/mol. The number of thioether (sulfide) groups is 1. The van der Waals surface area contributed by atoms with Gasteiger partial charge in [-0.1, -0.05) is 44.9 Å². The zero-order chi connectivity index (χ0) is 17.4. The number of hydrogen-bond donors (Lipinski definition) is 1. The molecule has 0 radical (unpaired) electrons. The topological polar surface area (TPSA) is 67.9 Å². The van der Waals surface area contributed by atoms with Crippen molar-refractivity contribution in [3.8, 4) is 0 Å². The van der Waals surface area contributed by atoms with Crippen molar-refractivity contribution in [1.29, 1.82) is 0 Å². The summed E-state index contributed by atoms with van der Waals surface area (Å²) in [6.45, 7) is 4.88. The van der Waals surface area contributed by atoms with E-state index in [0.717, 1.165) is 27.4 Å². The summed E-state index contributed by atoms with van der Waals surface area (Å²) in [7, 11) is 0. The molecule has 0 saturated heterocycles. The third-order valence-corrected chi connectivity index (χ3v) is 5.59. The van der Waals surface area contributed by atoms with Gasteiger partial charge >= 0.3 is 5.97 Å². The summed E-state index contributed by atoms with van der Waals surface area (Å²) in [6.07, 6.45) is 8.66. The van der Waals surface area contributed by atoms with Crippen molar-refractivity contribution < 1.29 is 9.53 Å². The Morgan fingerprint density at radius 2 is 2.29 bits per heavy atom. The SMILES string of the molecule is CCCCC(CC)COC(=O)CCSc1ncc2[nH]cc(I)c2n1. The Labute approximate surface area is 160 Å². The summed E-state index contributed by atoms with van der Waals surface area (Å²) < 4.78 is 6.48. The highest BCUT2D eigenvalue weighted by molar-refractivity contribution is 14.1. The molecule has 0 aliphatic carbocycles. The Bertz CT molecular complexity index is 662. The van der Waals surface area contributed by atoms with Gasteiger partial charge in [0.05, 0.1) is 28.3 Å². The lowest BCUT2D eigenvalue weighted by Gasteiger charge is -2.14. The lowest BCUT2D eigenvalue weighted by atomic mass is 10.0. The molecular formula is C17H24IN3O2S. The number of aromatic nitrogens is 3. The number of nitrogens with zero attached hydrogens (tertiary/aromatic N) is 2. The molecule has 5 nitrogen and oxygen atoms in total. The highest BCUT2D eigenvalue weighted by atomic mass is 127. The van der Waals surface area contributed by atoms with Crippen molar-refractivity contribution in [1.82, 2.24) is 15.0 Å². The first kappa shape index (κ1) is 19.5. The van der Waals surface area contributed by atoms with Crippen LogP contribution in [0.3, 0.4) is 0 Å². The molecule has 24 heavy (non-hydrogen) atoms. The molecule has 2 heterocycles. The van der Waals surface area contributed by atoms with Gasteiger partial charge in [0.2, 0.25) is 0 Å². The minimum Gasteiger partial charge on any atom is -0.465 e. The molecule has 0 aromatic carbocycles. The van der Waals surface area contributed by atoms with Crippen LogP contribution in [0.2, 0.25) is 0 Å². The summed E-state index contributed by atoms with van der Waals surface area (Å²) in [5.41, 5.74) is 1.86. The molecular weight excluding hydrogens is 437 g/mol. The zero-order valence-corrected chi connectivity index (χ0v) is 17.2. The van der Waals surface area contributed by atoms with Gasteiger partial charge in [0.15, 0.2) is 5.16 Å². The van der Waals surface area contributed by atoms with Gasteiger partial charge in [0, 0.05) is 11.9 Å². The maximum absolute atomic E-state index is 11.9. The van der Waals surface area contributed by atoms with Gasteiger partial charge in [-0.2, -0.15) is 0 Å². The van der Waals surface area contributed by atoms with E-state index >= 15 is 0 Å². The van der Waals surface area contributed by atoms with Crippen LogP contribution in [0.1, 0.15) is 46.0 Å². The first-order valence-electron chi connectivity index (χ1n) is 8.42. The number of carbonyl (C=O) groups is 1. The van der Waals surface area contributed by atoms with E-state index in [1.54, 1.807) is 6.20 Å². The van der Waals surface area contributed by atoms with Crippen LogP contribution in [-0.2, 0) is 9.53 Å². The van der Waals surface area contributed by atoms with E-state index in [9.17, 15) is 4.79 Å². The van der Waals surface area contributed by atoms with Crippen LogP contribution in [0.4, 0.5) is 0 Å². The van der Waals surface area contributed by atoms with Crippen LogP contribution < -0.4 is 0 Å². The van der Waals surface area contributed by atoms with Crippen LogP contribution in [0.25, 0.3) is 11.0 Å². The van der Waals surface area contributed by atoms with Crippen molar-refractivity contribution in [3.63, 3.8) is 0 Å². The van der Waals surface area contributed by atoms with E-state index in [4.69, 9.17) is 4.74 Å². The second-order valence-electron chi connectivity index (χ2n) is 5.75. The van der Waals surface area contributed by atoms with E-state index in [2.05, 4.69) is 51.4 Å². The summed E-state index contributed by atoms with van der Waals surface area (Å²) in [6, 6.07) is 0. The molecule has 132 valence electrons. The Hall–Kier alpha value is -0.830. The number of rotatable bonds is 10. The van der Waals surface area contributed by atoms with E-state index in [1.165, 1.54) is 24.6 Å². The molecule has 0 saturated carbocycles. The average molecular weight is 461 g/mol. The Morgan fingerprint density at radius 1 is 1.46 bits per heavy atom. The van der Waals surface area contributed by atoms with Crippen molar-refractivity contribution in [2.75, 3.05) is 12.4 Å². The Balaban J connectivity index is 1.72. The van der Waals surface area contributed by atoms with Crippen LogP contribution >= 0.6 is 34.4 Å². The highest BCUT2D eigenvalue weighted by Crippen LogP contribution is 2.21. The van der Waals surface area contributed by atoms with Crippen LogP contribution in [0.5, 0.6) is 0 Å². The number of hydrogen-bond acceptors (Lipinski definition) is 5. The number of halogens is 1. The third kappa shape index (κ3) is 5.91. The number of unbranched alkanes of at least 4 members (excludes halogenated alkanes) is 1. The lowest BCUT2D eigenvalue weighted by molar-refractivity contribution is -0.144. The maximum Gasteiger partial charge on any atom is 0.306 e. The molecule has 0 bridgehead atoms. The van der Waals surface area contributed by atoms with E-state index in [-0.39, 0.29) is 5.97 Å². The number of nitrogens with one attached hydrogen (secondary N) is 1. The smallest absolute Gasteiger partial charge is 0.306 e. The minimum atomic E-state index is -0.130. The summed E-state index contributed by atoms with van der Waals surface area (Å²) in [5, 5.41) is 0.696. The average Bonchev–Trinajstić information content (AvgIpc) is 2.96. The minimum absolute atomic E-state index is 0.130. The van der Waals surface area contributed by atoms with E-state index in [1.807, 2.05) is 6.20 Å². The van der Waals surface area contributed by atoms with Crippen LogP contribution in [0, 0.1) is 9.49 Å². The van der Waals surface area contributed by atoms with Gasteiger partial charge in [-0.3, -0.25) is 4.79 Å². The molecule has 0 amide bonds. The number of fused-ring (bicyclic) bond motifs is 1. The monoisotopic (exact) mass is 461 g/mol. The first-order valence-corrected chi connectivity index (χ1v) is 10.5. The molecule has 2 aromatic rings. The fourth-order valence-electron chi connectivity index (χ4n) is 2.34. The Morgan fingerprint density at radius 3 is 3.04 bits per heavy atom. The molecule has 1 N–H and O–H groups in total. The molecule has 0 fully saturated rings. The number of esters is 1. The molecule has 1 unspecified atom stereocenters. The Kier molecular flexibility index (Phi) is 8.31. The number of carbonyl (C=O) groups excluding carboxylic acids is 1. The summed E-state index contributed by atoms with van der Waals surface area (Å²) in [5.74, 6) is 0.995.